The topological polar surface area (TPSA) is 47.6 Å². The number of halogens is 1. The van der Waals surface area contributed by atoms with Crippen LogP contribution in [-0.2, 0) is 9.53 Å². The molecule has 116 valence electrons. The Morgan fingerprint density at radius 2 is 2.24 bits per heavy atom. The van der Waals surface area contributed by atoms with Gasteiger partial charge in [0.1, 0.15) is 5.75 Å². The zero-order valence-corrected chi connectivity index (χ0v) is 13.4. The Bertz CT molecular complexity index is 500. The molecule has 1 aromatic carbocycles. The van der Waals surface area contributed by atoms with Gasteiger partial charge >= 0.3 is 0 Å². The zero-order chi connectivity index (χ0) is 15.4. The molecule has 1 heterocycles. The summed E-state index contributed by atoms with van der Waals surface area (Å²) >= 11 is 5.91. The van der Waals surface area contributed by atoms with Crippen LogP contribution in [0.3, 0.4) is 0 Å². The van der Waals surface area contributed by atoms with E-state index in [9.17, 15) is 4.79 Å². The third-order valence-electron chi connectivity index (χ3n) is 3.70. The lowest BCUT2D eigenvalue weighted by Gasteiger charge is -2.23. The summed E-state index contributed by atoms with van der Waals surface area (Å²) in [5, 5.41) is 3.61. The predicted molar refractivity (Wildman–Crippen MR) is 82.9 cm³/mol. The molecule has 1 amide bonds. The maximum Gasteiger partial charge on any atom is 0.261 e. The normalized spacial score (nSPS) is 20.9. The van der Waals surface area contributed by atoms with E-state index >= 15 is 0 Å². The number of hydrogen-bond donors (Lipinski definition) is 1. The first-order valence-electron chi connectivity index (χ1n) is 7.32. The lowest BCUT2D eigenvalue weighted by molar-refractivity contribution is -0.128. The highest BCUT2D eigenvalue weighted by molar-refractivity contribution is 6.30. The summed E-state index contributed by atoms with van der Waals surface area (Å²) in [7, 11) is 0. The fourth-order valence-corrected chi connectivity index (χ4v) is 2.65. The highest BCUT2D eigenvalue weighted by Crippen LogP contribution is 2.23. The van der Waals surface area contributed by atoms with Crippen LogP contribution in [0, 0.1) is 6.92 Å². The van der Waals surface area contributed by atoms with Crippen molar-refractivity contribution in [3.05, 3.63) is 28.8 Å². The van der Waals surface area contributed by atoms with Gasteiger partial charge in [0.25, 0.3) is 5.91 Å². The first-order valence-corrected chi connectivity index (χ1v) is 7.70. The average molecular weight is 312 g/mol. The van der Waals surface area contributed by atoms with E-state index in [2.05, 4.69) is 5.32 Å². The van der Waals surface area contributed by atoms with Crippen molar-refractivity contribution in [3.8, 4) is 5.75 Å². The van der Waals surface area contributed by atoms with E-state index in [0.29, 0.717) is 10.8 Å². The minimum absolute atomic E-state index is 0.00244. The second-order valence-corrected chi connectivity index (χ2v) is 5.96. The molecule has 0 spiro atoms. The summed E-state index contributed by atoms with van der Waals surface area (Å²) in [4.78, 5) is 12.2. The van der Waals surface area contributed by atoms with E-state index in [1.165, 1.54) is 0 Å². The maximum absolute atomic E-state index is 12.2. The van der Waals surface area contributed by atoms with Crippen molar-refractivity contribution in [1.29, 1.82) is 0 Å². The second-order valence-electron chi connectivity index (χ2n) is 5.52. The van der Waals surface area contributed by atoms with Crippen molar-refractivity contribution < 1.29 is 14.3 Å². The number of rotatable bonds is 5. The van der Waals surface area contributed by atoms with E-state index in [1.54, 1.807) is 19.1 Å². The average Bonchev–Trinajstić information content (AvgIpc) is 2.95. The van der Waals surface area contributed by atoms with Crippen LogP contribution in [0.2, 0.25) is 5.02 Å². The molecule has 2 rings (SSSR count). The first-order chi connectivity index (χ1) is 9.97. The number of aryl methyl sites for hydroxylation is 1. The molecule has 21 heavy (non-hydrogen) atoms. The smallest absolute Gasteiger partial charge is 0.261 e. The first kappa shape index (κ1) is 16.1. The molecule has 0 unspecified atom stereocenters. The number of nitrogens with one attached hydrogen (secondary N) is 1. The van der Waals surface area contributed by atoms with E-state index in [1.807, 2.05) is 19.9 Å². The highest BCUT2D eigenvalue weighted by Gasteiger charge is 2.26. The van der Waals surface area contributed by atoms with Crippen molar-refractivity contribution in [1.82, 2.24) is 5.32 Å². The standard InChI is InChI=1S/C16H22ClNO3/c1-10-9-13(17)6-7-14(10)21-12(3)16(19)18-11(2)15-5-4-8-20-15/h6-7,9,11-12,15H,4-5,8H2,1-3H3,(H,18,19)/t11-,12+,15-/m0/s1. The summed E-state index contributed by atoms with van der Waals surface area (Å²) in [6, 6.07) is 5.35. The van der Waals surface area contributed by atoms with Crippen LogP contribution < -0.4 is 10.1 Å². The Hall–Kier alpha value is -1.26. The molecule has 1 aromatic rings. The van der Waals surface area contributed by atoms with E-state index in [4.69, 9.17) is 21.1 Å². The fraction of sp³-hybridized carbons (Fsp3) is 0.562. The quantitative estimate of drug-likeness (QED) is 0.909. The SMILES string of the molecule is Cc1cc(Cl)ccc1O[C@H](C)C(=O)N[C@@H](C)[C@@H]1CCCO1. The van der Waals surface area contributed by atoms with Gasteiger partial charge in [0.2, 0.25) is 0 Å². The molecule has 0 aromatic heterocycles. The van der Waals surface area contributed by atoms with Crippen molar-refractivity contribution in [2.24, 2.45) is 0 Å². The number of hydrogen-bond acceptors (Lipinski definition) is 3. The van der Waals surface area contributed by atoms with Crippen LogP contribution in [-0.4, -0.2) is 30.8 Å². The van der Waals surface area contributed by atoms with Gasteiger partial charge in [-0.2, -0.15) is 0 Å². The van der Waals surface area contributed by atoms with Crippen LogP contribution >= 0.6 is 11.6 Å². The van der Waals surface area contributed by atoms with Gasteiger partial charge < -0.3 is 14.8 Å². The predicted octanol–water partition coefficient (Wildman–Crippen LogP) is 3.10. The summed E-state index contributed by atoms with van der Waals surface area (Å²) in [6.45, 7) is 6.39. The summed E-state index contributed by atoms with van der Waals surface area (Å²) in [5.74, 6) is 0.541. The molecular formula is C16H22ClNO3. The molecule has 4 nitrogen and oxygen atoms in total. The molecule has 1 saturated heterocycles. The number of carbonyl (C=O) groups is 1. The monoisotopic (exact) mass is 311 g/mol. The Labute approximate surface area is 130 Å². The van der Waals surface area contributed by atoms with Crippen LogP contribution in [0.15, 0.2) is 18.2 Å². The van der Waals surface area contributed by atoms with Crippen molar-refractivity contribution in [3.63, 3.8) is 0 Å². The molecule has 5 heteroatoms. The second kappa shape index (κ2) is 7.14. The fourth-order valence-electron chi connectivity index (χ4n) is 2.42. The lowest BCUT2D eigenvalue weighted by Crippen LogP contribution is -2.46. The molecule has 1 N–H and O–H groups in total. The molecular weight excluding hydrogens is 290 g/mol. The number of benzene rings is 1. The number of amides is 1. The summed E-state index contributed by atoms with van der Waals surface area (Å²) in [6.07, 6.45) is 1.60. The van der Waals surface area contributed by atoms with E-state index < -0.39 is 6.10 Å². The summed E-state index contributed by atoms with van der Waals surface area (Å²) in [5.41, 5.74) is 0.911. The molecule has 3 atom stereocenters. The molecule has 1 aliphatic heterocycles. The molecule has 1 aliphatic rings. The largest absolute Gasteiger partial charge is 0.481 e. The van der Waals surface area contributed by atoms with Gasteiger partial charge in [0.15, 0.2) is 6.10 Å². The lowest BCUT2D eigenvalue weighted by atomic mass is 10.1. The minimum Gasteiger partial charge on any atom is -0.481 e. The van der Waals surface area contributed by atoms with Crippen LogP contribution in [0.4, 0.5) is 0 Å². The zero-order valence-electron chi connectivity index (χ0n) is 12.7. The van der Waals surface area contributed by atoms with Gasteiger partial charge in [-0.1, -0.05) is 11.6 Å². The Morgan fingerprint density at radius 3 is 2.86 bits per heavy atom. The van der Waals surface area contributed by atoms with E-state index in [0.717, 1.165) is 25.0 Å². The highest BCUT2D eigenvalue weighted by atomic mass is 35.5. The van der Waals surface area contributed by atoms with Crippen LogP contribution in [0.5, 0.6) is 5.75 Å². The molecule has 0 bridgehead atoms. The molecule has 1 fully saturated rings. The van der Waals surface area contributed by atoms with Gasteiger partial charge in [0, 0.05) is 11.6 Å². The van der Waals surface area contributed by atoms with Crippen molar-refractivity contribution in [2.75, 3.05) is 6.61 Å². The summed E-state index contributed by atoms with van der Waals surface area (Å²) < 4.78 is 11.3. The van der Waals surface area contributed by atoms with Gasteiger partial charge in [-0.3, -0.25) is 4.79 Å². The van der Waals surface area contributed by atoms with Gasteiger partial charge in [-0.15, -0.1) is 0 Å². The Kier molecular flexibility index (Phi) is 5.48. The van der Waals surface area contributed by atoms with Crippen molar-refractivity contribution >= 4 is 17.5 Å². The molecule has 0 aliphatic carbocycles. The third-order valence-corrected chi connectivity index (χ3v) is 3.94. The Balaban J connectivity index is 1.89. The minimum atomic E-state index is -0.561. The third kappa shape index (κ3) is 4.35. The molecule has 0 saturated carbocycles. The van der Waals surface area contributed by atoms with Gasteiger partial charge in [0.05, 0.1) is 12.1 Å². The molecule has 0 radical (unpaired) electrons. The maximum atomic E-state index is 12.2. The number of ether oxygens (including phenoxy) is 2. The Morgan fingerprint density at radius 1 is 1.48 bits per heavy atom. The van der Waals surface area contributed by atoms with Crippen molar-refractivity contribution in [2.45, 2.75) is 51.9 Å². The van der Waals surface area contributed by atoms with E-state index in [-0.39, 0.29) is 18.1 Å². The van der Waals surface area contributed by atoms with Gasteiger partial charge in [-0.05, 0) is 57.4 Å². The van der Waals surface area contributed by atoms with Crippen LogP contribution in [0.1, 0.15) is 32.3 Å². The number of carbonyl (C=O) groups excluding carboxylic acids is 1. The van der Waals surface area contributed by atoms with Gasteiger partial charge in [-0.25, -0.2) is 0 Å². The van der Waals surface area contributed by atoms with Crippen LogP contribution in [0.25, 0.3) is 0 Å².